The Bertz CT molecular complexity index is 1090. The number of carbonyl (C=O) groups excluding carboxylic acids is 1. The number of hydrogen-bond donors (Lipinski definition) is 1. The van der Waals surface area contributed by atoms with E-state index in [2.05, 4.69) is 15.5 Å². The molecule has 28 heavy (non-hydrogen) atoms. The van der Waals surface area contributed by atoms with Gasteiger partial charge in [-0.15, -0.1) is 0 Å². The van der Waals surface area contributed by atoms with Crippen molar-refractivity contribution < 1.29 is 4.79 Å². The number of nitrogens with one attached hydrogen (secondary N) is 1. The highest BCUT2D eigenvalue weighted by Crippen LogP contribution is 2.24. The molecule has 7 nitrogen and oxygen atoms in total. The van der Waals surface area contributed by atoms with Gasteiger partial charge in [0.15, 0.2) is 0 Å². The van der Waals surface area contributed by atoms with Crippen molar-refractivity contribution in [2.24, 2.45) is 7.05 Å². The van der Waals surface area contributed by atoms with Crippen LogP contribution in [0.1, 0.15) is 35.5 Å². The molecular formula is C21H25N5O2. The molecule has 0 saturated heterocycles. The molecule has 0 aliphatic rings. The Morgan fingerprint density at radius 1 is 1.04 bits per heavy atom. The fourth-order valence-corrected chi connectivity index (χ4v) is 3.33. The van der Waals surface area contributed by atoms with E-state index in [1.165, 1.54) is 10.7 Å². The molecule has 3 rings (SSSR count). The molecule has 1 atom stereocenters. The van der Waals surface area contributed by atoms with Crippen LogP contribution in [0.25, 0.3) is 11.3 Å². The highest BCUT2D eigenvalue weighted by Gasteiger charge is 2.21. The zero-order valence-electron chi connectivity index (χ0n) is 17.1. The van der Waals surface area contributed by atoms with Gasteiger partial charge >= 0.3 is 0 Å². The Morgan fingerprint density at radius 3 is 2.25 bits per heavy atom. The topological polar surface area (TPSA) is 81.8 Å². The van der Waals surface area contributed by atoms with Gasteiger partial charge in [0.25, 0.3) is 5.56 Å². The van der Waals surface area contributed by atoms with Crippen molar-refractivity contribution in [3.05, 3.63) is 63.2 Å². The first-order valence-corrected chi connectivity index (χ1v) is 9.18. The molecule has 1 N–H and O–H groups in total. The molecule has 0 bridgehead atoms. The van der Waals surface area contributed by atoms with Crippen molar-refractivity contribution >= 4 is 11.6 Å². The standard InChI is InChI=1S/C21H25N5O2/c1-12-8-7-9-13(2)20(12)22-21(28)16(5)26-18(27)11-10-17(24-26)19-14(3)23-25(6)15(19)4/h7-11,16H,1-6H3,(H,22,28)/t16-/m0/s1. The average molecular weight is 379 g/mol. The lowest BCUT2D eigenvalue weighted by Crippen LogP contribution is -2.33. The minimum atomic E-state index is -0.760. The van der Waals surface area contributed by atoms with Crippen LogP contribution in [-0.4, -0.2) is 25.5 Å². The number of para-hydroxylation sites is 1. The van der Waals surface area contributed by atoms with Gasteiger partial charge in [0.05, 0.1) is 11.4 Å². The minimum absolute atomic E-state index is 0.288. The van der Waals surface area contributed by atoms with Crippen LogP contribution in [-0.2, 0) is 11.8 Å². The van der Waals surface area contributed by atoms with E-state index >= 15 is 0 Å². The van der Waals surface area contributed by atoms with Gasteiger partial charge in [0, 0.05) is 30.1 Å². The van der Waals surface area contributed by atoms with Gasteiger partial charge in [0.2, 0.25) is 5.91 Å². The minimum Gasteiger partial charge on any atom is -0.324 e. The van der Waals surface area contributed by atoms with E-state index in [4.69, 9.17) is 0 Å². The van der Waals surface area contributed by atoms with E-state index in [-0.39, 0.29) is 11.5 Å². The maximum atomic E-state index is 12.8. The second kappa shape index (κ2) is 7.42. The van der Waals surface area contributed by atoms with Gasteiger partial charge in [-0.1, -0.05) is 18.2 Å². The van der Waals surface area contributed by atoms with Crippen molar-refractivity contribution in [3.8, 4) is 11.3 Å². The van der Waals surface area contributed by atoms with Crippen LogP contribution in [0.3, 0.4) is 0 Å². The zero-order chi connectivity index (χ0) is 20.6. The van der Waals surface area contributed by atoms with E-state index in [0.717, 1.165) is 33.8 Å². The molecule has 0 radical (unpaired) electrons. The predicted molar refractivity (Wildman–Crippen MR) is 109 cm³/mol. The maximum absolute atomic E-state index is 12.8. The summed E-state index contributed by atoms with van der Waals surface area (Å²) in [6, 6.07) is 8.17. The van der Waals surface area contributed by atoms with Crippen molar-refractivity contribution in [3.63, 3.8) is 0 Å². The molecule has 1 aromatic carbocycles. The number of aryl methyl sites for hydroxylation is 4. The third-order valence-corrected chi connectivity index (χ3v) is 5.07. The van der Waals surface area contributed by atoms with Crippen molar-refractivity contribution in [2.75, 3.05) is 5.32 Å². The van der Waals surface area contributed by atoms with Crippen LogP contribution in [0, 0.1) is 27.7 Å². The number of rotatable bonds is 4. The summed E-state index contributed by atoms with van der Waals surface area (Å²) in [6.45, 7) is 9.39. The molecule has 146 valence electrons. The van der Waals surface area contributed by atoms with Crippen LogP contribution in [0.4, 0.5) is 5.69 Å². The quantitative estimate of drug-likeness (QED) is 0.755. The molecule has 0 spiro atoms. The highest BCUT2D eigenvalue weighted by molar-refractivity contribution is 5.94. The first-order chi connectivity index (χ1) is 13.2. The Morgan fingerprint density at radius 2 is 1.68 bits per heavy atom. The number of carbonyl (C=O) groups is 1. The van der Waals surface area contributed by atoms with Crippen LogP contribution < -0.4 is 10.9 Å². The summed E-state index contributed by atoms with van der Waals surface area (Å²) in [5.74, 6) is -0.288. The fourth-order valence-electron chi connectivity index (χ4n) is 3.33. The van der Waals surface area contributed by atoms with Gasteiger partial charge in [0.1, 0.15) is 6.04 Å². The monoisotopic (exact) mass is 379 g/mol. The first-order valence-electron chi connectivity index (χ1n) is 9.18. The van der Waals surface area contributed by atoms with Crippen molar-refractivity contribution in [1.29, 1.82) is 0 Å². The van der Waals surface area contributed by atoms with E-state index < -0.39 is 6.04 Å². The number of benzene rings is 1. The lowest BCUT2D eigenvalue weighted by molar-refractivity contribution is -0.119. The molecule has 3 aromatic rings. The zero-order valence-corrected chi connectivity index (χ0v) is 17.1. The molecule has 0 aliphatic heterocycles. The maximum Gasteiger partial charge on any atom is 0.267 e. The van der Waals surface area contributed by atoms with Gasteiger partial charge in [-0.3, -0.25) is 14.3 Å². The van der Waals surface area contributed by atoms with Gasteiger partial charge in [-0.2, -0.15) is 10.2 Å². The lowest BCUT2D eigenvalue weighted by Gasteiger charge is -2.17. The smallest absolute Gasteiger partial charge is 0.267 e. The van der Waals surface area contributed by atoms with E-state index in [1.807, 2.05) is 52.9 Å². The predicted octanol–water partition coefficient (Wildman–Crippen LogP) is 3.08. The van der Waals surface area contributed by atoms with E-state index in [1.54, 1.807) is 17.7 Å². The normalized spacial score (nSPS) is 12.1. The third kappa shape index (κ3) is 3.47. The largest absolute Gasteiger partial charge is 0.324 e. The lowest BCUT2D eigenvalue weighted by atomic mass is 10.1. The number of aromatic nitrogens is 4. The van der Waals surface area contributed by atoms with Crippen molar-refractivity contribution in [1.82, 2.24) is 19.6 Å². The molecular weight excluding hydrogens is 354 g/mol. The summed E-state index contributed by atoms with van der Waals surface area (Å²) < 4.78 is 3.00. The number of amides is 1. The molecule has 1 amide bonds. The molecule has 0 fully saturated rings. The summed E-state index contributed by atoms with van der Waals surface area (Å²) in [4.78, 5) is 25.2. The Kier molecular flexibility index (Phi) is 5.18. The highest BCUT2D eigenvalue weighted by atomic mass is 16.2. The van der Waals surface area contributed by atoms with Crippen molar-refractivity contribution in [2.45, 2.75) is 40.7 Å². The second-order valence-electron chi connectivity index (χ2n) is 7.10. The average Bonchev–Trinajstić information content (AvgIpc) is 2.90. The number of hydrogen-bond acceptors (Lipinski definition) is 4. The molecule has 0 unspecified atom stereocenters. The summed E-state index contributed by atoms with van der Waals surface area (Å²) in [5.41, 5.74) is 5.64. The summed E-state index contributed by atoms with van der Waals surface area (Å²) in [7, 11) is 1.86. The van der Waals surface area contributed by atoms with Gasteiger partial charge in [-0.05, 0) is 51.8 Å². The fraction of sp³-hybridized carbons (Fsp3) is 0.333. The second-order valence-corrected chi connectivity index (χ2v) is 7.10. The molecule has 2 aromatic heterocycles. The van der Waals surface area contributed by atoms with E-state index in [0.29, 0.717) is 5.69 Å². The van der Waals surface area contributed by atoms with E-state index in [9.17, 15) is 9.59 Å². The molecule has 0 saturated carbocycles. The van der Waals surface area contributed by atoms with Crippen LogP contribution in [0.15, 0.2) is 35.1 Å². The molecule has 2 heterocycles. The van der Waals surface area contributed by atoms with Gasteiger partial charge < -0.3 is 5.32 Å². The Labute approximate surface area is 164 Å². The SMILES string of the molecule is Cc1cccc(C)c1NC(=O)[C@H](C)n1nc(-c2c(C)nn(C)c2C)ccc1=O. The van der Waals surface area contributed by atoms with Gasteiger partial charge in [-0.25, -0.2) is 4.68 Å². The summed E-state index contributed by atoms with van der Waals surface area (Å²) in [6.07, 6.45) is 0. The Hall–Kier alpha value is -3.22. The molecule has 0 aliphatic carbocycles. The number of nitrogens with zero attached hydrogens (tertiary/aromatic N) is 4. The van der Waals surface area contributed by atoms with Crippen LogP contribution in [0.2, 0.25) is 0 Å². The van der Waals surface area contributed by atoms with Crippen LogP contribution in [0.5, 0.6) is 0 Å². The van der Waals surface area contributed by atoms with Crippen LogP contribution >= 0.6 is 0 Å². The summed E-state index contributed by atoms with van der Waals surface area (Å²) in [5, 5.41) is 11.8. The first kappa shape index (κ1) is 19.5. The third-order valence-electron chi connectivity index (χ3n) is 5.07. The summed E-state index contributed by atoms with van der Waals surface area (Å²) >= 11 is 0. The molecule has 7 heteroatoms. The number of anilines is 1. The Balaban J connectivity index is 1.97.